The summed E-state index contributed by atoms with van der Waals surface area (Å²) in [5.74, 6) is -3.11. The van der Waals surface area contributed by atoms with Gasteiger partial charge in [0.15, 0.2) is 18.4 Å². The number of carbonyl (C=O) groups excluding carboxylic acids is 3. The number of nitrogens with one attached hydrogen (secondary N) is 1. The first kappa shape index (κ1) is 54.1. The smallest absolute Gasteiger partial charge is 0.330 e. The Morgan fingerprint density at radius 1 is 0.597 bits per heavy atom. The zero-order valence-corrected chi connectivity index (χ0v) is 38.2. The van der Waals surface area contributed by atoms with Crippen molar-refractivity contribution in [1.29, 1.82) is 0 Å². The quantitative estimate of drug-likeness (QED) is 0.0279. The highest BCUT2D eigenvalue weighted by Crippen LogP contribution is 2.34. The van der Waals surface area contributed by atoms with Crippen molar-refractivity contribution < 1.29 is 43.2 Å². The second-order valence-corrected chi connectivity index (χ2v) is 16.7. The summed E-state index contributed by atoms with van der Waals surface area (Å²) in [7, 11) is 0. The van der Waals surface area contributed by atoms with Crippen LogP contribution in [0.15, 0.2) is 46.2 Å². The Hall–Kier alpha value is -4.00. The molecule has 1 aromatic rings. The lowest BCUT2D eigenvalue weighted by Gasteiger charge is -2.25. The van der Waals surface area contributed by atoms with E-state index in [0.29, 0.717) is 12.8 Å². The highest BCUT2D eigenvalue weighted by atomic mass is 16.7. The number of aliphatic carboxylic acids is 1. The van der Waals surface area contributed by atoms with Gasteiger partial charge in [-0.05, 0) is 64.2 Å². The van der Waals surface area contributed by atoms with Crippen LogP contribution in [0.2, 0.25) is 0 Å². The third kappa shape index (κ3) is 25.8. The Kier molecular flexibility index (Phi) is 31.0. The van der Waals surface area contributed by atoms with E-state index in [0.717, 1.165) is 87.7 Å². The molecule has 13 nitrogen and oxygen atoms in total. The molecule has 1 aliphatic heterocycles. The molecule has 0 unspecified atom stereocenters. The van der Waals surface area contributed by atoms with Gasteiger partial charge in [-0.1, -0.05) is 141 Å². The summed E-state index contributed by atoms with van der Waals surface area (Å²) in [4.78, 5) is 77.0. The molecule has 0 aliphatic carbocycles. The average Bonchev–Trinajstić information content (AvgIpc) is 3.56. The summed E-state index contributed by atoms with van der Waals surface area (Å²) in [6, 6.07) is 1.11. The molecule has 0 bridgehead atoms. The fraction of sp³-hybridized carbons (Fsp3) is 0.755. The predicted octanol–water partition coefficient (Wildman–Crippen LogP) is 10.7. The lowest BCUT2D eigenvalue weighted by Crippen LogP contribution is -2.43. The molecule has 13 heteroatoms. The molecule has 0 radical (unpaired) electrons. The number of carboxylic acids is 1. The maximum atomic E-state index is 13.3. The number of ether oxygens (including phenoxy) is 4. The van der Waals surface area contributed by atoms with Crippen LogP contribution < -0.4 is 11.2 Å². The Balaban J connectivity index is 1.94. The van der Waals surface area contributed by atoms with Crippen LogP contribution in [0.25, 0.3) is 0 Å². The van der Waals surface area contributed by atoms with Gasteiger partial charge in [0.05, 0.1) is 12.8 Å². The van der Waals surface area contributed by atoms with Gasteiger partial charge < -0.3 is 24.1 Å². The van der Waals surface area contributed by atoms with Gasteiger partial charge in [0.2, 0.25) is 0 Å². The van der Waals surface area contributed by atoms with Gasteiger partial charge in [0.1, 0.15) is 12.7 Å². The molecule has 0 amide bonds. The third-order valence-electron chi connectivity index (χ3n) is 11.2. The third-order valence-corrected chi connectivity index (χ3v) is 11.2. The second kappa shape index (κ2) is 35.5. The van der Waals surface area contributed by atoms with Crippen LogP contribution in [0.1, 0.15) is 213 Å². The number of rotatable bonds is 38. The van der Waals surface area contributed by atoms with E-state index >= 15 is 0 Å². The zero-order valence-electron chi connectivity index (χ0n) is 38.2. The molecule has 4 atom stereocenters. The second-order valence-electron chi connectivity index (χ2n) is 16.7. The first-order valence-electron chi connectivity index (χ1n) is 24.2. The van der Waals surface area contributed by atoms with Gasteiger partial charge in [0.25, 0.3) is 5.56 Å². The Bertz CT molecular complexity index is 1550. The summed E-state index contributed by atoms with van der Waals surface area (Å²) in [6.45, 7) is 4.01. The standard InChI is InChI=1S/C49H80N2O11/c1-3-5-7-9-11-13-15-17-19-21-23-25-27-29-31-33-44(56)61-46-40(39-59-43(55)36-35-42(53)54)60-48(51-38-37-41(52)50-49(51)58)47(46)62-45(57)34-32-30-28-26-24-22-20-18-16-14-12-10-8-6-4-2/h17-20,37-38,40,46-48H,3-16,21-36,39H2,1-2H3,(H,53,54)(H,50,52,58)/t40-,46-,47-,48-/m1/s1. The first-order chi connectivity index (χ1) is 30.2. The van der Waals surface area contributed by atoms with E-state index in [-0.39, 0.29) is 19.3 Å². The number of carboxylic acid groups (broad SMARTS) is 1. The van der Waals surface area contributed by atoms with Crippen molar-refractivity contribution in [3.05, 3.63) is 57.4 Å². The number of hydrogen-bond acceptors (Lipinski definition) is 10. The highest BCUT2D eigenvalue weighted by Gasteiger charge is 2.51. The van der Waals surface area contributed by atoms with Crippen LogP contribution >= 0.6 is 0 Å². The molecule has 352 valence electrons. The Morgan fingerprint density at radius 2 is 1.03 bits per heavy atom. The van der Waals surface area contributed by atoms with Crippen molar-refractivity contribution in [1.82, 2.24) is 9.55 Å². The number of unbranched alkanes of at least 4 members (excludes halogenated alkanes) is 22. The minimum Gasteiger partial charge on any atom is -0.481 e. The number of hydrogen-bond donors (Lipinski definition) is 2. The molecule has 2 rings (SSSR count). The maximum Gasteiger partial charge on any atom is 0.330 e. The van der Waals surface area contributed by atoms with Crippen molar-refractivity contribution in [3.63, 3.8) is 0 Å². The molecule has 1 aliphatic rings. The summed E-state index contributed by atoms with van der Waals surface area (Å²) in [6.07, 6.45) is 33.5. The van der Waals surface area contributed by atoms with Gasteiger partial charge in [-0.3, -0.25) is 33.5 Å². The van der Waals surface area contributed by atoms with Crippen LogP contribution in [0.3, 0.4) is 0 Å². The van der Waals surface area contributed by atoms with Crippen molar-refractivity contribution in [2.45, 2.75) is 231 Å². The van der Waals surface area contributed by atoms with Crippen LogP contribution in [0.5, 0.6) is 0 Å². The summed E-state index contributed by atoms with van der Waals surface area (Å²) in [5, 5.41) is 9.00. The Labute approximate surface area is 370 Å². The number of H-pyrrole nitrogens is 1. The van der Waals surface area contributed by atoms with Crippen LogP contribution in [-0.4, -0.2) is 63.5 Å². The van der Waals surface area contributed by atoms with Crippen LogP contribution in [0, 0.1) is 0 Å². The van der Waals surface area contributed by atoms with E-state index < -0.39 is 72.7 Å². The van der Waals surface area contributed by atoms with Gasteiger partial charge in [-0.25, -0.2) is 4.79 Å². The fourth-order valence-corrected chi connectivity index (χ4v) is 7.52. The molecule has 0 spiro atoms. The monoisotopic (exact) mass is 873 g/mol. The maximum absolute atomic E-state index is 13.3. The molecule has 62 heavy (non-hydrogen) atoms. The molecular weight excluding hydrogens is 793 g/mol. The predicted molar refractivity (Wildman–Crippen MR) is 242 cm³/mol. The number of carbonyl (C=O) groups is 4. The van der Waals surface area contributed by atoms with Crippen LogP contribution in [-0.2, 0) is 38.1 Å². The number of aromatic amines is 1. The largest absolute Gasteiger partial charge is 0.481 e. The van der Waals surface area contributed by atoms with Gasteiger partial charge in [-0.2, -0.15) is 0 Å². The summed E-state index contributed by atoms with van der Waals surface area (Å²) in [5.41, 5.74) is -1.48. The first-order valence-corrected chi connectivity index (χ1v) is 24.2. The van der Waals surface area contributed by atoms with Crippen molar-refractivity contribution in [2.75, 3.05) is 6.61 Å². The van der Waals surface area contributed by atoms with E-state index in [1.807, 2.05) is 0 Å². The van der Waals surface area contributed by atoms with Crippen molar-refractivity contribution >= 4 is 23.9 Å². The number of esters is 3. The number of allylic oxidation sites excluding steroid dienone is 4. The fourth-order valence-electron chi connectivity index (χ4n) is 7.52. The highest BCUT2D eigenvalue weighted by molar-refractivity contribution is 5.76. The molecule has 1 aromatic heterocycles. The SMILES string of the molecule is CCCCCCCCC=CCCCCCCCC(=O)O[C@@H]1[C@H](OC(=O)CCCCCCCC=CCCCCCCCC)[C@@H](COC(=O)CCC(=O)O)O[C@H]1n1ccc(=O)[nH]c1=O. The van der Waals surface area contributed by atoms with Crippen LogP contribution in [0.4, 0.5) is 0 Å². The van der Waals surface area contributed by atoms with E-state index in [2.05, 4.69) is 43.1 Å². The minimum atomic E-state index is -1.32. The molecule has 2 N–H and O–H groups in total. The van der Waals surface area contributed by atoms with Gasteiger partial charge in [-0.15, -0.1) is 0 Å². The Morgan fingerprint density at radius 3 is 1.48 bits per heavy atom. The number of nitrogens with zero attached hydrogens (tertiary/aromatic N) is 1. The van der Waals surface area contributed by atoms with Crippen molar-refractivity contribution in [2.24, 2.45) is 0 Å². The summed E-state index contributed by atoms with van der Waals surface area (Å²) >= 11 is 0. The van der Waals surface area contributed by atoms with Crippen molar-refractivity contribution in [3.8, 4) is 0 Å². The molecule has 1 saturated heterocycles. The van der Waals surface area contributed by atoms with E-state index in [4.69, 9.17) is 24.1 Å². The molecule has 0 aromatic carbocycles. The normalized spacial score (nSPS) is 17.5. The number of aromatic nitrogens is 2. The molecule has 0 saturated carbocycles. The van der Waals surface area contributed by atoms with E-state index in [9.17, 15) is 28.8 Å². The molecule has 1 fully saturated rings. The van der Waals surface area contributed by atoms with E-state index in [1.165, 1.54) is 83.2 Å². The molecular formula is C49H80N2O11. The lowest BCUT2D eigenvalue weighted by atomic mass is 10.1. The topological polar surface area (TPSA) is 180 Å². The van der Waals surface area contributed by atoms with E-state index in [1.54, 1.807) is 0 Å². The van der Waals surface area contributed by atoms with Gasteiger partial charge >= 0.3 is 29.6 Å². The summed E-state index contributed by atoms with van der Waals surface area (Å²) < 4.78 is 24.3. The minimum absolute atomic E-state index is 0.0896. The average molecular weight is 873 g/mol. The zero-order chi connectivity index (χ0) is 45.0. The lowest BCUT2D eigenvalue weighted by molar-refractivity contribution is -0.169. The molecule has 2 heterocycles. The van der Waals surface area contributed by atoms with Gasteiger partial charge in [0, 0.05) is 25.1 Å².